The minimum Gasteiger partial charge on any atom is -0.449 e. The lowest BCUT2D eigenvalue weighted by atomic mass is 10.1. The van der Waals surface area contributed by atoms with Gasteiger partial charge in [-0.1, -0.05) is 38.3 Å². The van der Waals surface area contributed by atoms with Gasteiger partial charge in [0.2, 0.25) is 0 Å². The third kappa shape index (κ3) is 5.08. The van der Waals surface area contributed by atoms with Crippen LogP contribution in [0.15, 0.2) is 0 Å². The Bertz CT molecular complexity index is 115. The van der Waals surface area contributed by atoms with Gasteiger partial charge in [-0.15, -0.1) is 0 Å². The summed E-state index contributed by atoms with van der Waals surface area (Å²) in [7, 11) is 0. The van der Waals surface area contributed by atoms with Crippen LogP contribution in [0.4, 0.5) is 0 Å². The molecule has 0 saturated carbocycles. The van der Waals surface area contributed by atoms with Gasteiger partial charge in [0.05, 0.1) is 5.92 Å². The lowest BCUT2D eigenvalue weighted by molar-refractivity contribution is -0.146. The van der Waals surface area contributed by atoms with Crippen LogP contribution in [0.25, 0.3) is 0 Å². The summed E-state index contributed by atoms with van der Waals surface area (Å²) < 4.78 is 4.63. The van der Waals surface area contributed by atoms with E-state index in [9.17, 15) is 4.79 Å². The van der Waals surface area contributed by atoms with Crippen molar-refractivity contribution in [2.75, 3.05) is 6.07 Å². The Labute approximate surface area is 72.9 Å². The monoisotopic (exact) mass is 178 g/mol. The van der Waals surface area contributed by atoms with Crippen LogP contribution in [-0.4, -0.2) is 12.0 Å². The molecule has 0 aromatic carbocycles. The second-order valence-corrected chi connectivity index (χ2v) is 2.83. The molecular formula is C8H15ClO2. The predicted octanol–water partition coefficient (Wildman–Crippen LogP) is 2.55. The van der Waals surface area contributed by atoms with Crippen molar-refractivity contribution >= 4 is 17.6 Å². The van der Waals surface area contributed by atoms with Crippen molar-refractivity contribution in [2.24, 2.45) is 5.92 Å². The van der Waals surface area contributed by atoms with E-state index in [-0.39, 0.29) is 18.0 Å². The van der Waals surface area contributed by atoms with Crippen molar-refractivity contribution in [2.45, 2.75) is 33.1 Å². The van der Waals surface area contributed by atoms with Crippen LogP contribution in [0, 0.1) is 5.92 Å². The van der Waals surface area contributed by atoms with Crippen molar-refractivity contribution in [3.8, 4) is 0 Å². The number of carbonyl (C=O) groups is 1. The molecule has 0 aromatic rings. The maximum atomic E-state index is 10.9. The Morgan fingerprint density at radius 1 is 1.64 bits per heavy atom. The van der Waals surface area contributed by atoms with Gasteiger partial charge < -0.3 is 4.74 Å². The standard InChI is InChI=1S/C8H15ClO2/c1-3-4-5-7(2)8(10)11-6-9/h7H,3-6H2,1-2H3. The molecule has 66 valence electrons. The van der Waals surface area contributed by atoms with Crippen molar-refractivity contribution in [3.05, 3.63) is 0 Å². The highest BCUT2D eigenvalue weighted by Gasteiger charge is 2.12. The number of hydrogen-bond donors (Lipinski definition) is 0. The first-order valence-electron chi connectivity index (χ1n) is 3.95. The van der Waals surface area contributed by atoms with E-state index in [1.54, 1.807) is 0 Å². The fraction of sp³-hybridized carbons (Fsp3) is 0.875. The average molecular weight is 179 g/mol. The molecule has 0 aromatic heterocycles. The summed E-state index contributed by atoms with van der Waals surface area (Å²) in [5.74, 6) is -0.192. The Kier molecular flexibility index (Phi) is 6.33. The van der Waals surface area contributed by atoms with Gasteiger partial charge in [-0.3, -0.25) is 4.79 Å². The van der Waals surface area contributed by atoms with Gasteiger partial charge in [-0.2, -0.15) is 0 Å². The molecule has 0 aliphatic carbocycles. The van der Waals surface area contributed by atoms with E-state index in [1.165, 1.54) is 0 Å². The molecule has 0 bridgehead atoms. The molecule has 0 saturated heterocycles. The van der Waals surface area contributed by atoms with Gasteiger partial charge in [0, 0.05) is 0 Å². The van der Waals surface area contributed by atoms with Gasteiger partial charge >= 0.3 is 5.97 Å². The van der Waals surface area contributed by atoms with Crippen LogP contribution < -0.4 is 0 Å². The maximum Gasteiger partial charge on any atom is 0.309 e. The summed E-state index contributed by atoms with van der Waals surface area (Å²) in [5, 5.41) is 0. The summed E-state index contributed by atoms with van der Waals surface area (Å²) in [6.45, 7) is 3.96. The number of alkyl halides is 1. The molecule has 2 nitrogen and oxygen atoms in total. The fourth-order valence-corrected chi connectivity index (χ4v) is 0.932. The highest BCUT2D eigenvalue weighted by molar-refractivity contribution is 6.17. The van der Waals surface area contributed by atoms with Crippen molar-refractivity contribution in [3.63, 3.8) is 0 Å². The van der Waals surface area contributed by atoms with Gasteiger partial charge in [-0.25, -0.2) is 0 Å². The van der Waals surface area contributed by atoms with E-state index in [2.05, 4.69) is 11.7 Å². The molecule has 0 spiro atoms. The lowest BCUT2D eigenvalue weighted by Gasteiger charge is -2.07. The zero-order valence-corrected chi connectivity index (χ0v) is 7.86. The molecule has 0 rings (SSSR count). The van der Waals surface area contributed by atoms with Gasteiger partial charge in [0.15, 0.2) is 6.07 Å². The molecule has 3 heteroatoms. The quantitative estimate of drug-likeness (QED) is 0.478. The molecule has 1 atom stereocenters. The van der Waals surface area contributed by atoms with Gasteiger partial charge in [0.25, 0.3) is 0 Å². The molecule has 0 aliphatic heterocycles. The summed E-state index contributed by atoms with van der Waals surface area (Å²) in [6, 6.07) is -0.0324. The first-order valence-corrected chi connectivity index (χ1v) is 4.48. The fourth-order valence-electron chi connectivity index (χ4n) is 0.824. The maximum absolute atomic E-state index is 10.9. The smallest absolute Gasteiger partial charge is 0.309 e. The summed E-state index contributed by atoms with van der Waals surface area (Å²) in [6.07, 6.45) is 3.07. The number of unbranched alkanes of at least 4 members (excludes halogenated alkanes) is 1. The molecule has 0 heterocycles. The summed E-state index contributed by atoms with van der Waals surface area (Å²) in [4.78, 5) is 10.9. The van der Waals surface area contributed by atoms with Crippen LogP contribution in [-0.2, 0) is 9.53 Å². The number of halogens is 1. The topological polar surface area (TPSA) is 26.3 Å². The van der Waals surface area contributed by atoms with E-state index < -0.39 is 0 Å². The second-order valence-electron chi connectivity index (χ2n) is 2.62. The SMILES string of the molecule is CCCCC(C)C(=O)OCCl. The summed E-state index contributed by atoms with van der Waals surface area (Å²) in [5.41, 5.74) is 0. The lowest BCUT2D eigenvalue weighted by Crippen LogP contribution is -2.13. The molecule has 0 aliphatic rings. The first-order chi connectivity index (χ1) is 5.22. The third-order valence-corrected chi connectivity index (χ3v) is 1.70. The van der Waals surface area contributed by atoms with Crippen molar-refractivity contribution < 1.29 is 9.53 Å². The molecule has 0 amide bonds. The number of hydrogen-bond acceptors (Lipinski definition) is 2. The Morgan fingerprint density at radius 3 is 2.73 bits per heavy atom. The van der Waals surface area contributed by atoms with Crippen LogP contribution in [0.5, 0.6) is 0 Å². The molecule has 0 N–H and O–H groups in total. The van der Waals surface area contributed by atoms with Crippen molar-refractivity contribution in [1.82, 2.24) is 0 Å². The molecule has 1 unspecified atom stereocenters. The predicted molar refractivity (Wildman–Crippen MR) is 45.5 cm³/mol. The Balaban J connectivity index is 3.46. The van der Waals surface area contributed by atoms with Gasteiger partial charge in [-0.05, 0) is 6.42 Å². The zero-order valence-electron chi connectivity index (χ0n) is 7.10. The largest absolute Gasteiger partial charge is 0.449 e. The third-order valence-electron chi connectivity index (χ3n) is 1.59. The molecular weight excluding hydrogens is 164 g/mol. The van der Waals surface area contributed by atoms with E-state index in [0.29, 0.717) is 0 Å². The Morgan fingerprint density at radius 2 is 2.27 bits per heavy atom. The van der Waals surface area contributed by atoms with E-state index >= 15 is 0 Å². The Hall–Kier alpha value is -0.240. The summed E-state index contributed by atoms with van der Waals surface area (Å²) >= 11 is 5.23. The first kappa shape index (κ1) is 10.8. The van der Waals surface area contributed by atoms with Crippen LogP contribution >= 0.6 is 11.6 Å². The van der Waals surface area contributed by atoms with E-state index in [0.717, 1.165) is 19.3 Å². The van der Waals surface area contributed by atoms with Crippen LogP contribution in [0.1, 0.15) is 33.1 Å². The number of ether oxygens (including phenoxy) is 1. The van der Waals surface area contributed by atoms with Crippen LogP contribution in [0.2, 0.25) is 0 Å². The minimum atomic E-state index is -0.187. The van der Waals surface area contributed by atoms with E-state index in [1.807, 2.05) is 6.92 Å². The van der Waals surface area contributed by atoms with Crippen LogP contribution in [0.3, 0.4) is 0 Å². The minimum absolute atomic E-state index is 0.00583. The molecule has 0 fully saturated rings. The number of esters is 1. The molecule has 0 radical (unpaired) electrons. The normalized spacial score (nSPS) is 12.6. The van der Waals surface area contributed by atoms with Gasteiger partial charge in [0.1, 0.15) is 0 Å². The molecule has 11 heavy (non-hydrogen) atoms. The highest BCUT2D eigenvalue weighted by atomic mass is 35.5. The average Bonchev–Trinajstić information content (AvgIpc) is 2.00. The van der Waals surface area contributed by atoms with E-state index in [4.69, 9.17) is 11.6 Å². The number of carbonyl (C=O) groups excluding carboxylic acids is 1. The highest BCUT2D eigenvalue weighted by Crippen LogP contribution is 2.09. The zero-order chi connectivity index (χ0) is 8.69. The van der Waals surface area contributed by atoms with Crippen molar-refractivity contribution in [1.29, 1.82) is 0 Å². The second kappa shape index (κ2) is 6.47. The number of rotatable bonds is 5.